The van der Waals surface area contributed by atoms with Gasteiger partial charge in [-0.15, -0.1) is 11.3 Å². The summed E-state index contributed by atoms with van der Waals surface area (Å²) >= 11 is 1.63. The molecular weight excluding hydrogens is 448 g/mol. The van der Waals surface area contributed by atoms with Crippen molar-refractivity contribution in [1.29, 1.82) is 0 Å². The number of carboxylic acids is 1. The molecule has 34 heavy (non-hydrogen) atoms. The quantitative estimate of drug-likeness (QED) is 0.422. The number of carbonyl (C=O) groups excluding carboxylic acids is 1. The highest BCUT2D eigenvalue weighted by molar-refractivity contribution is 7.09. The fraction of sp³-hybridized carbons (Fsp3) is 0.538. The standard InChI is InChI=1S/C26H34N4O3S/c1-16(2)10-19(12-25(31)32)28-26(33)18-8-9-23-21(11-18)29-24(13-20-14-27-15-34-20)30(23)22-7-5-4-6-17(22)3/h8-9,11,14-17,19,22H,4-7,10,12-13H2,1-3H3,(H,28,33)(H,31,32)/t17-,19+,22-/m1/s1. The van der Waals surface area contributed by atoms with Crippen molar-refractivity contribution in [2.45, 2.75) is 77.8 Å². The van der Waals surface area contributed by atoms with Gasteiger partial charge in [-0.05, 0) is 49.3 Å². The second-order valence-electron chi connectivity index (χ2n) is 9.97. The van der Waals surface area contributed by atoms with Crippen LogP contribution in [-0.4, -0.2) is 37.6 Å². The molecule has 0 radical (unpaired) electrons. The summed E-state index contributed by atoms with van der Waals surface area (Å²) in [5.74, 6) is 0.712. The molecule has 0 saturated heterocycles. The number of hydrogen-bond acceptors (Lipinski definition) is 5. The summed E-state index contributed by atoms with van der Waals surface area (Å²) in [6.07, 6.45) is 7.99. The molecule has 0 unspecified atom stereocenters. The van der Waals surface area contributed by atoms with Gasteiger partial charge >= 0.3 is 5.97 Å². The zero-order valence-corrected chi connectivity index (χ0v) is 21.0. The van der Waals surface area contributed by atoms with Crippen LogP contribution in [0.15, 0.2) is 29.9 Å². The number of imidazole rings is 1. The van der Waals surface area contributed by atoms with Crippen LogP contribution in [0.25, 0.3) is 11.0 Å². The van der Waals surface area contributed by atoms with Crippen LogP contribution in [0, 0.1) is 11.8 Å². The second-order valence-corrected chi connectivity index (χ2v) is 10.9. The van der Waals surface area contributed by atoms with Gasteiger partial charge < -0.3 is 15.0 Å². The van der Waals surface area contributed by atoms with E-state index in [2.05, 4.69) is 21.8 Å². The smallest absolute Gasteiger partial charge is 0.305 e. The Hall–Kier alpha value is -2.74. The van der Waals surface area contributed by atoms with E-state index in [0.29, 0.717) is 23.9 Å². The van der Waals surface area contributed by atoms with Gasteiger partial charge in [-0.2, -0.15) is 0 Å². The fourth-order valence-electron chi connectivity index (χ4n) is 5.19. The number of nitrogens with one attached hydrogen (secondary N) is 1. The summed E-state index contributed by atoms with van der Waals surface area (Å²) < 4.78 is 2.40. The summed E-state index contributed by atoms with van der Waals surface area (Å²) in [4.78, 5) is 34.7. The third kappa shape index (κ3) is 5.66. The van der Waals surface area contributed by atoms with Crippen LogP contribution < -0.4 is 5.32 Å². The van der Waals surface area contributed by atoms with E-state index in [0.717, 1.165) is 29.7 Å². The predicted molar refractivity (Wildman–Crippen MR) is 134 cm³/mol. The minimum atomic E-state index is -0.908. The van der Waals surface area contributed by atoms with Crippen LogP contribution in [0.2, 0.25) is 0 Å². The van der Waals surface area contributed by atoms with Crippen molar-refractivity contribution in [3.8, 4) is 0 Å². The summed E-state index contributed by atoms with van der Waals surface area (Å²) in [6.45, 7) is 6.37. The Morgan fingerprint density at radius 1 is 1.26 bits per heavy atom. The normalized spacial score (nSPS) is 19.4. The van der Waals surface area contributed by atoms with E-state index in [-0.39, 0.29) is 18.2 Å². The molecule has 7 nitrogen and oxygen atoms in total. The Kier molecular flexibility index (Phi) is 7.66. The van der Waals surface area contributed by atoms with Crippen molar-refractivity contribution in [2.75, 3.05) is 0 Å². The average Bonchev–Trinajstić information content (AvgIpc) is 3.40. The Bertz CT molecular complexity index is 1140. The zero-order valence-electron chi connectivity index (χ0n) is 20.2. The highest BCUT2D eigenvalue weighted by Gasteiger charge is 2.27. The monoisotopic (exact) mass is 482 g/mol. The van der Waals surface area contributed by atoms with E-state index < -0.39 is 12.0 Å². The van der Waals surface area contributed by atoms with Crippen LogP contribution in [0.5, 0.6) is 0 Å². The number of carboxylic acid groups (broad SMARTS) is 1. The second kappa shape index (κ2) is 10.7. The molecule has 8 heteroatoms. The molecule has 3 aromatic rings. The first-order valence-electron chi connectivity index (χ1n) is 12.2. The predicted octanol–water partition coefficient (Wildman–Crippen LogP) is 5.45. The van der Waals surface area contributed by atoms with Crippen LogP contribution in [0.3, 0.4) is 0 Å². The van der Waals surface area contributed by atoms with E-state index in [1.807, 2.05) is 43.8 Å². The van der Waals surface area contributed by atoms with Gasteiger partial charge in [0.15, 0.2) is 0 Å². The lowest BCUT2D eigenvalue weighted by Gasteiger charge is -2.31. The molecule has 2 aromatic heterocycles. The van der Waals surface area contributed by atoms with Gasteiger partial charge in [-0.1, -0.05) is 33.6 Å². The van der Waals surface area contributed by atoms with E-state index in [1.54, 1.807) is 11.3 Å². The van der Waals surface area contributed by atoms with Crippen LogP contribution in [-0.2, 0) is 11.2 Å². The van der Waals surface area contributed by atoms with Crippen LogP contribution in [0.4, 0.5) is 0 Å². The van der Waals surface area contributed by atoms with Crippen LogP contribution >= 0.6 is 11.3 Å². The summed E-state index contributed by atoms with van der Waals surface area (Å²) in [5.41, 5.74) is 4.22. The van der Waals surface area contributed by atoms with E-state index in [1.165, 1.54) is 24.1 Å². The summed E-state index contributed by atoms with van der Waals surface area (Å²) in [7, 11) is 0. The maximum absolute atomic E-state index is 13.0. The zero-order chi connectivity index (χ0) is 24.2. The molecule has 0 spiro atoms. The molecule has 1 amide bonds. The SMILES string of the molecule is CC(C)C[C@@H](CC(=O)O)NC(=O)c1ccc2c(c1)nc(Cc1cncs1)n2[C@@H]1CCCC[C@H]1C. The number of benzene rings is 1. The molecule has 182 valence electrons. The molecule has 2 N–H and O–H groups in total. The van der Waals surface area contributed by atoms with Crippen molar-refractivity contribution in [3.63, 3.8) is 0 Å². The molecule has 1 aromatic carbocycles. The number of aliphatic carboxylic acids is 1. The van der Waals surface area contributed by atoms with Crippen molar-refractivity contribution in [1.82, 2.24) is 19.9 Å². The highest BCUT2D eigenvalue weighted by Crippen LogP contribution is 2.37. The number of aromatic nitrogens is 3. The summed E-state index contributed by atoms with van der Waals surface area (Å²) in [6, 6.07) is 5.68. The summed E-state index contributed by atoms with van der Waals surface area (Å²) in [5, 5.41) is 12.2. The first-order chi connectivity index (χ1) is 16.3. The average molecular weight is 483 g/mol. The molecule has 1 aliphatic carbocycles. The number of thiazole rings is 1. The number of carbonyl (C=O) groups is 2. The lowest BCUT2D eigenvalue weighted by atomic mass is 9.85. The Balaban J connectivity index is 1.66. The van der Waals surface area contributed by atoms with Gasteiger partial charge in [0.2, 0.25) is 0 Å². The number of amides is 1. The number of hydrogen-bond donors (Lipinski definition) is 2. The van der Waals surface area contributed by atoms with E-state index >= 15 is 0 Å². The topological polar surface area (TPSA) is 97.1 Å². The first kappa shape index (κ1) is 24.4. The van der Waals surface area contributed by atoms with Gasteiger partial charge in [-0.3, -0.25) is 14.6 Å². The van der Waals surface area contributed by atoms with Gasteiger partial charge in [0.05, 0.1) is 23.0 Å². The van der Waals surface area contributed by atoms with E-state index in [9.17, 15) is 14.7 Å². The van der Waals surface area contributed by atoms with Crippen molar-refractivity contribution in [2.24, 2.45) is 11.8 Å². The Morgan fingerprint density at radius 3 is 2.74 bits per heavy atom. The lowest BCUT2D eigenvalue weighted by Crippen LogP contribution is -2.37. The maximum atomic E-state index is 13.0. The van der Waals surface area contributed by atoms with Crippen molar-refractivity contribution >= 4 is 34.2 Å². The van der Waals surface area contributed by atoms with Crippen LogP contribution in [0.1, 0.15) is 86.4 Å². The van der Waals surface area contributed by atoms with Gasteiger partial charge in [-0.25, -0.2) is 4.98 Å². The molecule has 2 heterocycles. The number of nitrogens with zero attached hydrogens (tertiary/aromatic N) is 3. The Labute approximate surface area is 204 Å². The first-order valence-corrected chi connectivity index (χ1v) is 13.1. The molecule has 0 aliphatic heterocycles. The lowest BCUT2D eigenvalue weighted by molar-refractivity contribution is -0.137. The van der Waals surface area contributed by atoms with Crippen molar-refractivity contribution in [3.05, 3.63) is 46.2 Å². The molecule has 1 fully saturated rings. The van der Waals surface area contributed by atoms with Crippen molar-refractivity contribution < 1.29 is 14.7 Å². The molecular formula is C26H34N4O3S. The molecule has 4 rings (SSSR count). The Morgan fingerprint density at radius 2 is 2.06 bits per heavy atom. The number of rotatable bonds is 9. The third-order valence-corrected chi connectivity index (χ3v) is 7.53. The molecule has 0 bridgehead atoms. The minimum absolute atomic E-state index is 0.0840. The number of fused-ring (bicyclic) bond motifs is 1. The van der Waals surface area contributed by atoms with Gasteiger partial charge in [0.25, 0.3) is 5.91 Å². The molecule has 1 aliphatic rings. The highest BCUT2D eigenvalue weighted by atomic mass is 32.1. The molecule has 3 atom stereocenters. The van der Waals surface area contributed by atoms with Gasteiger partial charge in [0.1, 0.15) is 5.82 Å². The maximum Gasteiger partial charge on any atom is 0.305 e. The van der Waals surface area contributed by atoms with E-state index in [4.69, 9.17) is 4.98 Å². The molecule has 1 saturated carbocycles. The van der Waals surface area contributed by atoms with Gasteiger partial charge in [0, 0.05) is 35.1 Å². The third-order valence-electron chi connectivity index (χ3n) is 6.75. The fourth-order valence-corrected chi connectivity index (χ4v) is 5.78. The largest absolute Gasteiger partial charge is 0.481 e. The minimum Gasteiger partial charge on any atom is -0.481 e.